The van der Waals surface area contributed by atoms with Gasteiger partial charge >= 0.3 is 0 Å². The van der Waals surface area contributed by atoms with E-state index in [1.165, 1.54) is 12.1 Å². The highest BCUT2D eigenvalue weighted by atomic mass is 19.1. The van der Waals surface area contributed by atoms with E-state index in [2.05, 4.69) is 10.6 Å². The van der Waals surface area contributed by atoms with Gasteiger partial charge in [-0.3, -0.25) is 14.4 Å². The van der Waals surface area contributed by atoms with Crippen LogP contribution in [0.15, 0.2) is 89.5 Å². The molecule has 0 saturated carbocycles. The summed E-state index contributed by atoms with van der Waals surface area (Å²) in [5.74, 6) is -0.648. The molecule has 1 aliphatic heterocycles. The summed E-state index contributed by atoms with van der Waals surface area (Å²) in [6.45, 7) is 4.52. The summed E-state index contributed by atoms with van der Waals surface area (Å²) >= 11 is 0. The van der Waals surface area contributed by atoms with Crippen molar-refractivity contribution in [3.63, 3.8) is 0 Å². The van der Waals surface area contributed by atoms with Gasteiger partial charge in [-0.05, 0) is 85.3 Å². The zero-order valence-corrected chi connectivity index (χ0v) is 24.2. The number of hydrogen-bond acceptors (Lipinski definition) is 5. The first-order chi connectivity index (χ1) is 20.6. The molecule has 0 bridgehead atoms. The van der Waals surface area contributed by atoms with Crippen molar-refractivity contribution in [2.75, 3.05) is 4.90 Å². The minimum atomic E-state index is -0.773. The van der Waals surface area contributed by atoms with Gasteiger partial charge in [0.15, 0.2) is 0 Å². The van der Waals surface area contributed by atoms with Crippen LogP contribution in [0, 0.1) is 5.82 Å². The standard InChI is InChI=1S/C34H35FN4O4/c1-34(2,37-20-26-6-5-17-43-26)19-31(40)38-29-15-13-24-18-25(35)14-16-30(24)39(33(29)42)21-22-9-11-23(12-10-22)27-7-3-4-8-28(27)32(36)41/h3-12,14,16-18,29,37H,13,15,19-21H2,1-2H3,(H2,36,41)(H,38,40)/t29-/m1/s1. The summed E-state index contributed by atoms with van der Waals surface area (Å²) in [5.41, 5.74) is 9.13. The molecule has 9 heteroatoms. The second-order valence-electron chi connectivity index (χ2n) is 11.5. The van der Waals surface area contributed by atoms with Crippen molar-refractivity contribution in [1.29, 1.82) is 0 Å². The van der Waals surface area contributed by atoms with Crippen molar-refractivity contribution in [1.82, 2.24) is 10.6 Å². The van der Waals surface area contributed by atoms with Crippen LogP contribution in [0.25, 0.3) is 11.1 Å². The summed E-state index contributed by atoms with van der Waals surface area (Å²) in [5, 5.41) is 6.26. The minimum absolute atomic E-state index is 0.146. The summed E-state index contributed by atoms with van der Waals surface area (Å²) in [6.07, 6.45) is 2.53. The maximum absolute atomic E-state index is 14.2. The number of nitrogens with two attached hydrogens (primary N) is 1. The van der Waals surface area contributed by atoms with Crippen molar-refractivity contribution >= 4 is 23.4 Å². The van der Waals surface area contributed by atoms with Crippen molar-refractivity contribution in [3.8, 4) is 11.1 Å². The van der Waals surface area contributed by atoms with Crippen molar-refractivity contribution in [3.05, 3.63) is 113 Å². The van der Waals surface area contributed by atoms with E-state index in [0.29, 0.717) is 36.2 Å². The van der Waals surface area contributed by atoms with Gasteiger partial charge in [-0.15, -0.1) is 0 Å². The first-order valence-corrected chi connectivity index (χ1v) is 14.2. The van der Waals surface area contributed by atoms with Gasteiger partial charge in [0.05, 0.1) is 19.4 Å². The zero-order chi connectivity index (χ0) is 30.6. The summed E-state index contributed by atoms with van der Waals surface area (Å²) in [4.78, 5) is 40.6. The molecule has 4 N–H and O–H groups in total. The number of rotatable bonds is 10. The molecule has 1 aromatic heterocycles. The molecule has 1 atom stereocenters. The van der Waals surface area contributed by atoms with Crippen LogP contribution in [0.4, 0.5) is 10.1 Å². The molecule has 2 heterocycles. The topological polar surface area (TPSA) is 118 Å². The molecule has 3 aromatic carbocycles. The molecular weight excluding hydrogens is 547 g/mol. The fourth-order valence-electron chi connectivity index (χ4n) is 5.42. The Bertz CT molecular complexity index is 1620. The molecule has 1 aliphatic rings. The lowest BCUT2D eigenvalue weighted by atomic mass is 9.98. The van der Waals surface area contributed by atoms with Gasteiger partial charge in [0.2, 0.25) is 17.7 Å². The number of furan rings is 1. The smallest absolute Gasteiger partial charge is 0.249 e. The molecule has 0 fully saturated rings. The Kier molecular flexibility index (Phi) is 8.73. The van der Waals surface area contributed by atoms with Gasteiger partial charge in [0.1, 0.15) is 17.6 Å². The second-order valence-corrected chi connectivity index (χ2v) is 11.5. The first-order valence-electron chi connectivity index (χ1n) is 14.2. The number of aryl methyl sites for hydroxylation is 1. The highest BCUT2D eigenvalue weighted by Gasteiger charge is 2.33. The minimum Gasteiger partial charge on any atom is -0.468 e. The van der Waals surface area contributed by atoms with Crippen LogP contribution in [-0.2, 0) is 29.1 Å². The number of carbonyl (C=O) groups excluding carboxylic acids is 3. The molecule has 43 heavy (non-hydrogen) atoms. The average molecular weight is 583 g/mol. The lowest BCUT2D eigenvalue weighted by molar-refractivity contribution is -0.128. The number of halogens is 1. The Morgan fingerprint density at radius 2 is 1.81 bits per heavy atom. The van der Waals surface area contributed by atoms with Crippen LogP contribution >= 0.6 is 0 Å². The number of hydrogen-bond donors (Lipinski definition) is 3. The average Bonchev–Trinajstić information content (AvgIpc) is 3.47. The highest BCUT2D eigenvalue weighted by Crippen LogP contribution is 2.31. The van der Waals surface area contributed by atoms with Gasteiger partial charge < -0.3 is 25.7 Å². The molecule has 0 aliphatic carbocycles. The van der Waals surface area contributed by atoms with E-state index in [1.807, 2.05) is 56.3 Å². The predicted octanol–water partition coefficient (Wildman–Crippen LogP) is 5.11. The number of benzene rings is 3. The van der Waals surface area contributed by atoms with E-state index in [1.54, 1.807) is 35.4 Å². The van der Waals surface area contributed by atoms with Gasteiger partial charge in [-0.25, -0.2) is 4.39 Å². The second kappa shape index (κ2) is 12.6. The van der Waals surface area contributed by atoms with Crippen LogP contribution in [0.5, 0.6) is 0 Å². The third kappa shape index (κ3) is 7.18. The van der Waals surface area contributed by atoms with E-state index < -0.39 is 17.5 Å². The summed E-state index contributed by atoms with van der Waals surface area (Å²) < 4.78 is 19.6. The van der Waals surface area contributed by atoms with E-state index >= 15 is 0 Å². The number of amides is 3. The Morgan fingerprint density at radius 1 is 1.05 bits per heavy atom. The van der Waals surface area contributed by atoms with Crippen LogP contribution in [0.3, 0.4) is 0 Å². The predicted molar refractivity (Wildman–Crippen MR) is 162 cm³/mol. The van der Waals surface area contributed by atoms with Crippen molar-refractivity contribution in [2.45, 2.75) is 57.8 Å². The maximum atomic E-state index is 14.2. The Balaban J connectivity index is 1.33. The third-order valence-electron chi connectivity index (χ3n) is 7.66. The molecule has 222 valence electrons. The highest BCUT2D eigenvalue weighted by molar-refractivity contribution is 6.01. The van der Waals surface area contributed by atoms with Crippen LogP contribution in [0.1, 0.15) is 53.9 Å². The van der Waals surface area contributed by atoms with E-state index in [4.69, 9.17) is 10.2 Å². The van der Waals surface area contributed by atoms with Gasteiger partial charge in [-0.1, -0.05) is 42.5 Å². The maximum Gasteiger partial charge on any atom is 0.249 e. The zero-order valence-electron chi connectivity index (χ0n) is 24.2. The van der Waals surface area contributed by atoms with Gasteiger partial charge in [0, 0.05) is 23.2 Å². The molecule has 8 nitrogen and oxygen atoms in total. The monoisotopic (exact) mass is 582 g/mol. The number of nitrogens with zero attached hydrogens (tertiary/aromatic N) is 1. The fraction of sp³-hybridized carbons (Fsp3) is 0.265. The van der Waals surface area contributed by atoms with Crippen LogP contribution in [0.2, 0.25) is 0 Å². The third-order valence-corrected chi connectivity index (χ3v) is 7.66. The molecule has 0 unspecified atom stereocenters. The molecule has 0 spiro atoms. The molecule has 4 aromatic rings. The van der Waals surface area contributed by atoms with E-state index in [0.717, 1.165) is 22.5 Å². The summed E-state index contributed by atoms with van der Waals surface area (Å²) in [6, 6.07) is 21.9. The molecule has 5 rings (SSSR count). The lowest BCUT2D eigenvalue weighted by Gasteiger charge is -2.29. The summed E-state index contributed by atoms with van der Waals surface area (Å²) in [7, 11) is 0. The largest absolute Gasteiger partial charge is 0.468 e. The number of nitrogens with one attached hydrogen (secondary N) is 2. The normalized spacial score (nSPS) is 15.1. The molecule has 0 saturated heterocycles. The quantitative estimate of drug-likeness (QED) is 0.240. The van der Waals surface area contributed by atoms with E-state index in [-0.39, 0.29) is 30.6 Å². The van der Waals surface area contributed by atoms with Gasteiger partial charge in [0.25, 0.3) is 0 Å². The van der Waals surface area contributed by atoms with Gasteiger partial charge in [-0.2, -0.15) is 0 Å². The Labute approximate surface area is 250 Å². The van der Waals surface area contributed by atoms with E-state index in [9.17, 15) is 18.8 Å². The lowest BCUT2D eigenvalue weighted by Crippen LogP contribution is -2.50. The Morgan fingerprint density at radius 3 is 2.53 bits per heavy atom. The number of primary amides is 1. The number of fused-ring (bicyclic) bond motifs is 1. The first kappa shape index (κ1) is 29.7. The fourth-order valence-corrected chi connectivity index (χ4v) is 5.42. The molecule has 3 amide bonds. The Hall–Kier alpha value is -4.76. The number of carbonyl (C=O) groups is 3. The number of anilines is 1. The van der Waals surface area contributed by atoms with Crippen LogP contribution < -0.4 is 21.3 Å². The SMILES string of the molecule is CC(C)(CC(=O)N[C@@H]1CCc2cc(F)ccc2N(Cc2ccc(-c3ccccc3C(N)=O)cc2)C1=O)NCc1ccco1. The molecular formula is C34H35FN4O4. The van der Waals surface area contributed by atoms with Crippen molar-refractivity contribution in [2.24, 2.45) is 5.73 Å². The van der Waals surface area contributed by atoms with Crippen LogP contribution in [-0.4, -0.2) is 29.3 Å². The van der Waals surface area contributed by atoms with Crippen molar-refractivity contribution < 1.29 is 23.2 Å². The molecule has 0 radical (unpaired) electrons.